The minimum atomic E-state index is -0.297. The third-order valence-corrected chi connectivity index (χ3v) is 5.01. The molecule has 0 bridgehead atoms. The van der Waals surface area contributed by atoms with Gasteiger partial charge < -0.3 is 14.8 Å². The maximum Gasteiger partial charge on any atom is 0.341 e. The van der Waals surface area contributed by atoms with Crippen LogP contribution in [0.3, 0.4) is 0 Å². The lowest BCUT2D eigenvalue weighted by atomic mass is 9.75. The third-order valence-electron chi connectivity index (χ3n) is 5.01. The number of aliphatic imine (C=N–C) groups is 1. The van der Waals surface area contributed by atoms with Crippen LogP contribution in [0.25, 0.3) is 0 Å². The summed E-state index contributed by atoms with van der Waals surface area (Å²) in [6.45, 7) is 0. The summed E-state index contributed by atoms with van der Waals surface area (Å²) in [5.41, 5.74) is 4.21. The molecule has 2 aromatic rings. The van der Waals surface area contributed by atoms with Crippen molar-refractivity contribution in [2.45, 2.75) is 18.9 Å². The highest BCUT2D eigenvalue weighted by Crippen LogP contribution is 2.39. The number of amides is 2. The molecule has 0 spiro atoms. The molecule has 1 aliphatic carbocycles. The van der Waals surface area contributed by atoms with Gasteiger partial charge in [-0.1, -0.05) is 24.3 Å². The average Bonchev–Trinajstić information content (AvgIpc) is 2.66. The van der Waals surface area contributed by atoms with Crippen LogP contribution in [0.4, 0.5) is 4.79 Å². The number of hydrogen-bond acceptors (Lipinski definition) is 3. The molecule has 1 heterocycles. The SMILES string of the molecule is COc1cc(OC)cc(C2NC(=O)N=C3c4ccccc4CCC32)c1. The number of ether oxygens (including phenoxy) is 2. The first-order chi connectivity index (χ1) is 12.2. The Morgan fingerprint density at radius 3 is 2.52 bits per heavy atom. The van der Waals surface area contributed by atoms with Gasteiger partial charge in [0.2, 0.25) is 0 Å². The predicted molar refractivity (Wildman–Crippen MR) is 95.6 cm³/mol. The van der Waals surface area contributed by atoms with E-state index >= 15 is 0 Å². The lowest BCUT2D eigenvalue weighted by Crippen LogP contribution is -2.43. The number of benzene rings is 2. The second-order valence-corrected chi connectivity index (χ2v) is 6.37. The van der Waals surface area contributed by atoms with Gasteiger partial charge in [-0.3, -0.25) is 0 Å². The van der Waals surface area contributed by atoms with Gasteiger partial charge in [-0.15, -0.1) is 0 Å². The third kappa shape index (κ3) is 2.76. The fourth-order valence-corrected chi connectivity index (χ4v) is 3.80. The maximum absolute atomic E-state index is 12.3. The number of nitrogens with one attached hydrogen (secondary N) is 1. The first-order valence-electron chi connectivity index (χ1n) is 8.40. The Hall–Kier alpha value is -2.82. The molecule has 25 heavy (non-hydrogen) atoms. The van der Waals surface area contributed by atoms with Gasteiger partial charge in [0.25, 0.3) is 0 Å². The van der Waals surface area contributed by atoms with E-state index in [1.807, 2.05) is 30.3 Å². The summed E-state index contributed by atoms with van der Waals surface area (Å²) in [7, 11) is 3.25. The highest BCUT2D eigenvalue weighted by atomic mass is 16.5. The van der Waals surface area contributed by atoms with Crippen LogP contribution in [0.5, 0.6) is 11.5 Å². The smallest absolute Gasteiger partial charge is 0.341 e. The molecule has 5 heteroatoms. The molecule has 0 aromatic heterocycles. The van der Waals surface area contributed by atoms with Gasteiger partial charge in [-0.25, -0.2) is 4.79 Å². The number of nitrogens with zero attached hydrogens (tertiary/aromatic N) is 1. The highest BCUT2D eigenvalue weighted by molar-refractivity contribution is 6.11. The van der Waals surface area contributed by atoms with E-state index in [0.717, 1.165) is 29.7 Å². The molecular weight excluding hydrogens is 316 g/mol. The fraction of sp³-hybridized carbons (Fsp3) is 0.300. The minimum absolute atomic E-state index is 0.141. The molecule has 2 aliphatic rings. The number of fused-ring (bicyclic) bond motifs is 3. The Balaban J connectivity index is 1.78. The van der Waals surface area contributed by atoms with Gasteiger partial charge >= 0.3 is 6.03 Å². The van der Waals surface area contributed by atoms with Crippen molar-refractivity contribution in [3.8, 4) is 11.5 Å². The van der Waals surface area contributed by atoms with Crippen LogP contribution in [0.2, 0.25) is 0 Å². The van der Waals surface area contributed by atoms with Crippen molar-refractivity contribution >= 4 is 11.7 Å². The quantitative estimate of drug-likeness (QED) is 0.933. The predicted octanol–water partition coefficient (Wildman–Crippen LogP) is 3.52. The van der Waals surface area contributed by atoms with Crippen LogP contribution in [0, 0.1) is 5.92 Å². The van der Waals surface area contributed by atoms with E-state index in [2.05, 4.69) is 22.4 Å². The van der Waals surface area contributed by atoms with Gasteiger partial charge in [0.15, 0.2) is 0 Å². The van der Waals surface area contributed by atoms with Crippen molar-refractivity contribution in [1.82, 2.24) is 5.32 Å². The molecular formula is C20H20N2O3. The molecule has 2 amide bonds. The van der Waals surface area contributed by atoms with Crippen LogP contribution < -0.4 is 14.8 Å². The zero-order valence-corrected chi connectivity index (χ0v) is 14.3. The standard InChI is InChI=1S/C20H20N2O3/c1-24-14-9-13(10-15(11-14)25-2)18-17-8-7-12-5-3-4-6-16(12)19(17)22-20(23)21-18/h3-6,9-11,17-18H,7-8H2,1-2H3,(H,21,23). The second kappa shape index (κ2) is 6.24. The first kappa shape index (κ1) is 15.7. The summed E-state index contributed by atoms with van der Waals surface area (Å²) in [6, 6.07) is 13.5. The first-order valence-corrected chi connectivity index (χ1v) is 8.40. The summed E-state index contributed by atoms with van der Waals surface area (Å²) in [5, 5.41) is 3.03. The van der Waals surface area contributed by atoms with Crippen molar-refractivity contribution in [1.29, 1.82) is 0 Å². The van der Waals surface area contributed by atoms with E-state index < -0.39 is 0 Å². The van der Waals surface area contributed by atoms with Crippen molar-refractivity contribution in [3.05, 3.63) is 59.2 Å². The summed E-state index contributed by atoms with van der Waals surface area (Å²) >= 11 is 0. The molecule has 0 fully saturated rings. The summed E-state index contributed by atoms with van der Waals surface area (Å²) < 4.78 is 10.8. The monoisotopic (exact) mass is 336 g/mol. The topological polar surface area (TPSA) is 59.9 Å². The van der Waals surface area contributed by atoms with E-state index in [9.17, 15) is 4.79 Å². The van der Waals surface area contributed by atoms with Crippen molar-refractivity contribution < 1.29 is 14.3 Å². The van der Waals surface area contributed by atoms with Gasteiger partial charge in [0.1, 0.15) is 11.5 Å². The Morgan fingerprint density at radius 1 is 1.08 bits per heavy atom. The number of urea groups is 1. The number of methoxy groups -OCH3 is 2. The van der Waals surface area contributed by atoms with E-state index in [0.29, 0.717) is 11.5 Å². The molecule has 2 atom stereocenters. The van der Waals surface area contributed by atoms with Crippen LogP contribution in [0.1, 0.15) is 29.2 Å². The Bertz CT molecular complexity index is 838. The van der Waals surface area contributed by atoms with Gasteiger partial charge in [0.05, 0.1) is 26.0 Å². The number of hydrogen-bond donors (Lipinski definition) is 1. The van der Waals surface area contributed by atoms with Crippen LogP contribution >= 0.6 is 0 Å². The summed E-state index contributed by atoms with van der Waals surface area (Å²) in [6.07, 6.45) is 1.92. The fourth-order valence-electron chi connectivity index (χ4n) is 3.80. The zero-order chi connectivity index (χ0) is 17.4. The minimum Gasteiger partial charge on any atom is -0.497 e. The Kier molecular flexibility index (Phi) is 3.92. The summed E-state index contributed by atoms with van der Waals surface area (Å²) in [4.78, 5) is 16.6. The van der Waals surface area contributed by atoms with Crippen LogP contribution in [-0.4, -0.2) is 26.0 Å². The average molecular weight is 336 g/mol. The van der Waals surface area contributed by atoms with Crippen LogP contribution in [0.15, 0.2) is 47.5 Å². The molecule has 0 radical (unpaired) electrons. The van der Waals surface area contributed by atoms with Crippen LogP contribution in [-0.2, 0) is 6.42 Å². The normalized spacial score (nSPS) is 21.5. The maximum atomic E-state index is 12.3. The number of carbonyl (C=O) groups excluding carboxylic acids is 1. The molecule has 1 N–H and O–H groups in total. The molecule has 1 aliphatic heterocycles. The number of aryl methyl sites for hydroxylation is 1. The summed E-state index contributed by atoms with van der Waals surface area (Å²) in [5.74, 6) is 1.57. The second-order valence-electron chi connectivity index (χ2n) is 6.37. The van der Waals surface area contributed by atoms with E-state index in [1.54, 1.807) is 14.2 Å². The largest absolute Gasteiger partial charge is 0.497 e. The molecule has 4 rings (SSSR count). The van der Waals surface area contributed by atoms with E-state index in [1.165, 1.54) is 5.56 Å². The zero-order valence-electron chi connectivity index (χ0n) is 14.3. The van der Waals surface area contributed by atoms with Gasteiger partial charge in [-0.2, -0.15) is 4.99 Å². The number of rotatable bonds is 3. The Morgan fingerprint density at radius 2 is 1.80 bits per heavy atom. The molecule has 0 saturated heterocycles. The molecule has 128 valence electrons. The lowest BCUT2D eigenvalue weighted by Gasteiger charge is -2.36. The Labute approximate surface area is 146 Å². The molecule has 0 saturated carbocycles. The highest BCUT2D eigenvalue weighted by Gasteiger charge is 2.37. The molecule has 2 aromatic carbocycles. The van der Waals surface area contributed by atoms with Gasteiger partial charge in [0, 0.05) is 12.0 Å². The lowest BCUT2D eigenvalue weighted by molar-refractivity contribution is 0.239. The van der Waals surface area contributed by atoms with Gasteiger partial charge in [-0.05, 0) is 41.7 Å². The number of carbonyl (C=O) groups is 1. The van der Waals surface area contributed by atoms with E-state index in [-0.39, 0.29) is 18.0 Å². The molecule has 2 unspecified atom stereocenters. The van der Waals surface area contributed by atoms with Crippen molar-refractivity contribution in [2.24, 2.45) is 10.9 Å². The van der Waals surface area contributed by atoms with E-state index in [4.69, 9.17) is 9.47 Å². The molecule has 5 nitrogen and oxygen atoms in total. The van der Waals surface area contributed by atoms with Crippen molar-refractivity contribution in [3.63, 3.8) is 0 Å². The van der Waals surface area contributed by atoms with Crippen molar-refractivity contribution in [2.75, 3.05) is 14.2 Å².